The maximum absolute atomic E-state index is 12.5. The van der Waals surface area contributed by atoms with E-state index >= 15 is 0 Å². The molecular weight excluding hydrogens is 283 g/mol. The van der Waals surface area contributed by atoms with E-state index in [-0.39, 0.29) is 0 Å². The fraction of sp³-hybridized carbons (Fsp3) is 0.400. The lowest BCUT2D eigenvalue weighted by molar-refractivity contribution is 0.256. The summed E-state index contributed by atoms with van der Waals surface area (Å²) < 4.78 is 18.2. The lowest BCUT2D eigenvalue weighted by atomic mass is 10.3. The van der Waals surface area contributed by atoms with Crippen LogP contribution in [-0.4, -0.2) is 34.8 Å². The van der Waals surface area contributed by atoms with Crippen LogP contribution in [0.1, 0.15) is 4.88 Å². The third-order valence-corrected chi connectivity index (χ3v) is 3.61. The normalized spacial score (nSPS) is 14.7. The Morgan fingerprint density at radius 2 is 2.47 bits per heavy atom. The second kappa shape index (κ2) is 5.75. The Hall–Kier alpha value is -0.720. The molecular formula is C10H10ClFN2OS2. The standard InChI is InChI=1S/C10H10ClFN2OS2/c11-10-13-4-8(17-10)5-14(2-1-12)7-3-9(16)15-6-7/h3-4H,1-2,5-6H2. The minimum atomic E-state index is -0.420. The average molecular weight is 293 g/mol. The van der Waals surface area contributed by atoms with Gasteiger partial charge in [0.25, 0.3) is 0 Å². The van der Waals surface area contributed by atoms with E-state index in [2.05, 4.69) is 4.98 Å². The molecule has 0 spiro atoms. The van der Waals surface area contributed by atoms with Crippen LogP contribution in [0, 0.1) is 0 Å². The molecule has 0 unspecified atom stereocenters. The quantitative estimate of drug-likeness (QED) is 0.779. The molecule has 1 aromatic heterocycles. The van der Waals surface area contributed by atoms with Crippen molar-refractivity contribution in [1.82, 2.24) is 9.88 Å². The summed E-state index contributed by atoms with van der Waals surface area (Å²) in [5.41, 5.74) is 0.900. The largest absolute Gasteiger partial charge is 0.477 e. The van der Waals surface area contributed by atoms with Gasteiger partial charge in [-0.15, -0.1) is 11.3 Å². The molecule has 0 N–H and O–H groups in total. The van der Waals surface area contributed by atoms with Crippen molar-refractivity contribution in [3.05, 3.63) is 27.3 Å². The van der Waals surface area contributed by atoms with E-state index < -0.39 is 6.67 Å². The Balaban J connectivity index is 2.07. The number of rotatable bonds is 5. The molecule has 0 saturated carbocycles. The predicted octanol–water partition coefficient (Wildman–Crippen LogP) is 2.81. The van der Waals surface area contributed by atoms with Gasteiger partial charge in [0.15, 0.2) is 9.52 Å². The van der Waals surface area contributed by atoms with E-state index in [0.29, 0.717) is 29.2 Å². The van der Waals surface area contributed by atoms with Gasteiger partial charge in [-0.05, 0) is 12.2 Å². The lowest BCUT2D eigenvalue weighted by Gasteiger charge is -2.22. The number of hydrogen-bond donors (Lipinski definition) is 0. The van der Waals surface area contributed by atoms with Crippen molar-refractivity contribution in [3.63, 3.8) is 0 Å². The fourth-order valence-electron chi connectivity index (χ4n) is 1.52. The monoisotopic (exact) mass is 292 g/mol. The van der Waals surface area contributed by atoms with Crippen LogP contribution in [0.2, 0.25) is 4.47 Å². The first-order chi connectivity index (χ1) is 8.19. The molecule has 2 heterocycles. The number of nitrogens with zero attached hydrogens (tertiary/aromatic N) is 2. The molecule has 1 aromatic rings. The molecule has 0 aliphatic carbocycles. The molecule has 0 bridgehead atoms. The van der Waals surface area contributed by atoms with Gasteiger partial charge in [0.1, 0.15) is 13.3 Å². The maximum Gasteiger partial charge on any atom is 0.186 e. The number of thiocarbonyl (C=S) groups is 1. The molecule has 0 radical (unpaired) electrons. The molecule has 92 valence electrons. The molecule has 0 saturated heterocycles. The fourth-order valence-corrected chi connectivity index (χ4v) is 2.71. The van der Waals surface area contributed by atoms with Crippen molar-refractivity contribution >= 4 is 40.2 Å². The first-order valence-electron chi connectivity index (χ1n) is 4.97. The van der Waals surface area contributed by atoms with E-state index in [1.54, 1.807) is 12.3 Å². The molecule has 0 amide bonds. The van der Waals surface area contributed by atoms with E-state index in [9.17, 15) is 4.39 Å². The van der Waals surface area contributed by atoms with E-state index in [4.69, 9.17) is 28.6 Å². The Kier molecular flexibility index (Phi) is 4.31. The smallest absolute Gasteiger partial charge is 0.186 e. The van der Waals surface area contributed by atoms with Gasteiger partial charge in [0.2, 0.25) is 0 Å². The van der Waals surface area contributed by atoms with Gasteiger partial charge in [-0.3, -0.25) is 0 Å². The summed E-state index contributed by atoms with van der Waals surface area (Å²) in [7, 11) is 0. The summed E-state index contributed by atoms with van der Waals surface area (Å²) in [6.07, 6.45) is 3.46. The van der Waals surface area contributed by atoms with Crippen LogP contribution in [0.3, 0.4) is 0 Å². The van der Waals surface area contributed by atoms with Gasteiger partial charge in [-0.2, -0.15) is 0 Å². The van der Waals surface area contributed by atoms with Crippen molar-refractivity contribution in [3.8, 4) is 0 Å². The zero-order valence-corrected chi connectivity index (χ0v) is 11.2. The number of thiazole rings is 1. The number of ether oxygens (including phenoxy) is 1. The average Bonchev–Trinajstić information content (AvgIpc) is 2.87. The van der Waals surface area contributed by atoms with Crippen molar-refractivity contribution in [2.75, 3.05) is 19.8 Å². The number of halogens is 2. The summed E-state index contributed by atoms with van der Waals surface area (Å²) >= 11 is 12.1. The zero-order chi connectivity index (χ0) is 12.3. The molecule has 7 heteroatoms. The van der Waals surface area contributed by atoms with Gasteiger partial charge in [0, 0.05) is 23.7 Å². The third kappa shape index (κ3) is 3.37. The third-order valence-electron chi connectivity index (χ3n) is 2.28. The van der Waals surface area contributed by atoms with Crippen molar-refractivity contribution in [2.24, 2.45) is 0 Å². The first kappa shape index (κ1) is 12.7. The highest BCUT2D eigenvalue weighted by atomic mass is 35.5. The Labute approximate surface area is 113 Å². The molecule has 0 fully saturated rings. The molecule has 2 rings (SSSR count). The number of aromatic nitrogens is 1. The highest BCUT2D eigenvalue weighted by Gasteiger charge is 2.18. The van der Waals surface area contributed by atoms with Crippen LogP contribution in [0.15, 0.2) is 18.0 Å². The number of alkyl halides is 1. The van der Waals surface area contributed by atoms with Crippen LogP contribution in [-0.2, 0) is 11.3 Å². The summed E-state index contributed by atoms with van der Waals surface area (Å²) in [6, 6.07) is 0. The second-order valence-electron chi connectivity index (χ2n) is 3.43. The zero-order valence-electron chi connectivity index (χ0n) is 8.86. The summed E-state index contributed by atoms with van der Waals surface area (Å²) in [6.45, 7) is 0.876. The Morgan fingerprint density at radius 1 is 1.65 bits per heavy atom. The van der Waals surface area contributed by atoms with E-state index in [1.165, 1.54) is 11.3 Å². The van der Waals surface area contributed by atoms with Gasteiger partial charge in [0.05, 0.1) is 12.2 Å². The van der Waals surface area contributed by atoms with Gasteiger partial charge < -0.3 is 9.64 Å². The SMILES string of the molecule is FCCN(Cc1cnc(Cl)s1)C1=CC(=S)OC1. The predicted molar refractivity (Wildman–Crippen MR) is 70.1 cm³/mol. The summed E-state index contributed by atoms with van der Waals surface area (Å²) in [5.74, 6) is 0. The van der Waals surface area contributed by atoms with Gasteiger partial charge in [-0.25, -0.2) is 9.37 Å². The van der Waals surface area contributed by atoms with Crippen LogP contribution >= 0.6 is 35.2 Å². The molecule has 0 atom stereocenters. The Morgan fingerprint density at radius 3 is 3.00 bits per heavy atom. The van der Waals surface area contributed by atoms with Crippen molar-refractivity contribution < 1.29 is 9.13 Å². The van der Waals surface area contributed by atoms with Crippen LogP contribution in [0.5, 0.6) is 0 Å². The molecule has 1 aliphatic heterocycles. The van der Waals surface area contributed by atoms with Crippen molar-refractivity contribution in [2.45, 2.75) is 6.54 Å². The highest BCUT2D eigenvalue weighted by molar-refractivity contribution is 7.80. The molecule has 1 aliphatic rings. The van der Waals surface area contributed by atoms with E-state index in [0.717, 1.165) is 10.6 Å². The summed E-state index contributed by atoms with van der Waals surface area (Å²) in [4.78, 5) is 6.84. The minimum Gasteiger partial charge on any atom is -0.477 e. The molecule has 0 aromatic carbocycles. The Bertz CT molecular complexity index is 449. The second-order valence-corrected chi connectivity index (χ2v) is 5.53. The lowest BCUT2D eigenvalue weighted by Crippen LogP contribution is -2.25. The van der Waals surface area contributed by atoms with E-state index in [1.807, 2.05) is 4.90 Å². The van der Waals surface area contributed by atoms with Crippen molar-refractivity contribution in [1.29, 1.82) is 0 Å². The molecule has 17 heavy (non-hydrogen) atoms. The van der Waals surface area contributed by atoms with Crippen LogP contribution in [0.4, 0.5) is 4.39 Å². The first-order valence-corrected chi connectivity index (χ1v) is 6.58. The number of hydrogen-bond acceptors (Lipinski definition) is 5. The maximum atomic E-state index is 12.5. The molecule has 3 nitrogen and oxygen atoms in total. The highest BCUT2D eigenvalue weighted by Crippen LogP contribution is 2.22. The minimum absolute atomic E-state index is 0.313. The summed E-state index contributed by atoms with van der Waals surface area (Å²) in [5, 5.41) is 0.450. The van der Waals surface area contributed by atoms with Gasteiger partial charge >= 0.3 is 0 Å². The van der Waals surface area contributed by atoms with Crippen LogP contribution < -0.4 is 0 Å². The van der Waals surface area contributed by atoms with Gasteiger partial charge in [-0.1, -0.05) is 11.6 Å². The topological polar surface area (TPSA) is 25.4 Å². The van der Waals surface area contributed by atoms with Crippen LogP contribution in [0.25, 0.3) is 0 Å².